The van der Waals surface area contributed by atoms with Gasteiger partial charge in [-0.2, -0.15) is 13.2 Å². The average Bonchev–Trinajstić information content (AvgIpc) is 2.40. The zero-order valence-corrected chi connectivity index (χ0v) is 11.2. The smallest absolute Gasteiger partial charge is 0.367 e. The molecule has 0 radical (unpaired) electrons. The second-order valence-electron chi connectivity index (χ2n) is 5.03. The summed E-state index contributed by atoms with van der Waals surface area (Å²) in [7, 11) is 0. The maximum atomic E-state index is 12.2. The van der Waals surface area contributed by atoms with Crippen LogP contribution in [0.2, 0.25) is 0 Å². The molecule has 1 saturated heterocycles. The van der Waals surface area contributed by atoms with Crippen molar-refractivity contribution in [3.8, 4) is 0 Å². The van der Waals surface area contributed by atoms with Crippen molar-refractivity contribution < 1.29 is 13.2 Å². The van der Waals surface area contributed by atoms with Crippen molar-refractivity contribution in [1.29, 1.82) is 0 Å². The fourth-order valence-electron chi connectivity index (χ4n) is 2.31. The van der Waals surface area contributed by atoms with E-state index >= 15 is 0 Å². The summed E-state index contributed by atoms with van der Waals surface area (Å²) < 4.78 is 36.5. The summed E-state index contributed by atoms with van der Waals surface area (Å²) in [5, 5.41) is 6.59. The van der Waals surface area contributed by atoms with Crippen molar-refractivity contribution >= 4 is 5.82 Å². The Kier molecular flexibility index (Phi) is 5.17. The number of rotatable bonds is 5. The number of aryl methyl sites for hydroxylation is 1. The van der Waals surface area contributed by atoms with E-state index in [4.69, 9.17) is 0 Å². The molecule has 20 heavy (non-hydrogen) atoms. The van der Waals surface area contributed by atoms with Gasteiger partial charge in [-0.3, -0.25) is 0 Å². The van der Waals surface area contributed by atoms with Gasteiger partial charge in [-0.25, -0.2) is 9.97 Å². The van der Waals surface area contributed by atoms with E-state index in [1.807, 2.05) is 0 Å². The number of halogens is 3. The number of hydrogen-bond acceptors (Lipinski definition) is 4. The Labute approximate surface area is 116 Å². The molecular formula is C13H19F3N4. The Morgan fingerprint density at radius 3 is 2.75 bits per heavy atom. The lowest BCUT2D eigenvalue weighted by Gasteiger charge is -2.25. The van der Waals surface area contributed by atoms with Crippen LogP contribution in [0.4, 0.5) is 19.0 Å². The highest BCUT2D eigenvalue weighted by Crippen LogP contribution is 2.24. The topological polar surface area (TPSA) is 49.8 Å². The van der Waals surface area contributed by atoms with Gasteiger partial charge in [-0.15, -0.1) is 0 Å². The summed E-state index contributed by atoms with van der Waals surface area (Å²) >= 11 is 0. The first-order valence-electron chi connectivity index (χ1n) is 6.87. The Hall–Kier alpha value is -1.37. The number of alkyl halides is 3. The van der Waals surface area contributed by atoms with Crippen LogP contribution >= 0.6 is 0 Å². The molecule has 1 fully saturated rings. The summed E-state index contributed by atoms with van der Waals surface area (Å²) in [6, 6.07) is 0.326. The SMILES string of the molecule is FC(F)(F)CCCc1cncnc1NC1CCNCC1. The van der Waals surface area contributed by atoms with Crippen LogP contribution in [0.1, 0.15) is 31.2 Å². The van der Waals surface area contributed by atoms with Crippen molar-refractivity contribution in [3.63, 3.8) is 0 Å². The molecule has 1 aromatic rings. The number of nitrogens with zero attached hydrogens (tertiary/aromatic N) is 2. The average molecular weight is 288 g/mol. The second kappa shape index (κ2) is 6.88. The van der Waals surface area contributed by atoms with E-state index in [1.165, 1.54) is 6.33 Å². The molecule has 1 aliphatic heterocycles. The summed E-state index contributed by atoms with van der Waals surface area (Å²) in [6.07, 6.45) is 0.555. The molecule has 0 saturated carbocycles. The lowest BCUT2D eigenvalue weighted by molar-refractivity contribution is -0.135. The van der Waals surface area contributed by atoms with E-state index in [1.54, 1.807) is 6.20 Å². The zero-order valence-electron chi connectivity index (χ0n) is 11.2. The van der Waals surface area contributed by atoms with Gasteiger partial charge in [0.25, 0.3) is 0 Å². The van der Waals surface area contributed by atoms with E-state index in [0.717, 1.165) is 31.5 Å². The predicted molar refractivity (Wildman–Crippen MR) is 70.5 cm³/mol. The highest BCUT2D eigenvalue weighted by molar-refractivity contribution is 5.43. The number of piperidine rings is 1. The fourth-order valence-corrected chi connectivity index (χ4v) is 2.31. The van der Waals surface area contributed by atoms with Gasteiger partial charge in [0, 0.05) is 24.2 Å². The molecule has 112 valence electrons. The molecular weight excluding hydrogens is 269 g/mol. The third-order valence-electron chi connectivity index (χ3n) is 3.37. The van der Waals surface area contributed by atoms with Crippen molar-refractivity contribution in [1.82, 2.24) is 15.3 Å². The number of hydrogen-bond donors (Lipinski definition) is 2. The molecule has 2 N–H and O–H groups in total. The molecule has 0 spiro atoms. The maximum Gasteiger partial charge on any atom is 0.389 e. The normalized spacial score (nSPS) is 17.1. The molecule has 2 heterocycles. The standard InChI is InChI=1S/C13H19F3N4/c14-13(15,16)5-1-2-10-8-18-9-19-12(10)20-11-3-6-17-7-4-11/h8-9,11,17H,1-7H2,(H,18,19,20). The van der Waals surface area contributed by atoms with Crippen LogP contribution in [0.25, 0.3) is 0 Å². The Balaban J connectivity index is 1.91. The van der Waals surface area contributed by atoms with Crippen LogP contribution in [-0.4, -0.2) is 35.3 Å². The van der Waals surface area contributed by atoms with Gasteiger partial charge in [-0.1, -0.05) is 0 Å². The second-order valence-corrected chi connectivity index (χ2v) is 5.03. The number of aromatic nitrogens is 2. The van der Waals surface area contributed by atoms with Crippen LogP contribution < -0.4 is 10.6 Å². The quantitative estimate of drug-likeness (QED) is 0.874. The first kappa shape index (κ1) is 15.0. The van der Waals surface area contributed by atoms with Crippen molar-refractivity contribution in [2.24, 2.45) is 0 Å². The van der Waals surface area contributed by atoms with E-state index in [0.29, 0.717) is 18.3 Å². The van der Waals surface area contributed by atoms with E-state index in [-0.39, 0.29) is 6.42 Å². The first-order valence-corrected chi connectivity index (χ1v) is 6.87. The monoisotopic (exact) mass is 288 g/mol. The van der Waals surface area contributed by atoms with Crippen LogP contribution in [-0.2, 0) is 6.42 Å². The minimum atomic E-state index is -4.10. The molecule has 2 rings (SSSR count). The summed E-state index contributed by atoms with van der Waals surface area (Å²) in [5.41, 5.74) is 0.760. The zero-order chi connectivity index (χ0) is 14.4. The highest BCUT2D eigenvalue weighted by Gasteiger charge is 2.26. The highest BCUT2D eigenvalue weighted by atomic mass is 19.4. The Morgan fingerprint density at radius 1 is 1.30 bits per heavy atom. The van der Waals surface area contributed by atoms with E-state index in [2.05, 4.69) is 20.6 Å². The third kappa shape index (κ3) is 4.96. The molecule has 0 amide bonds. The van der Waals surface area contributed by atoms with Crippen LogP contribution in [0.5, 0.6) is 0 Å². The van der Waals surface area contributed by atoms with Gasteiger partial charge in [0.2, 0.25) is 0 Å². The van der Waals surface area contributed by atoms with Gasteiger partial charge in [0.05, 0.1) is 0 Å². The number of anilines is 1. The van der Waals surface area contributed by atoms with Gasteiger partial charge in [-0.05, 0) is 38.8 Å². The van der Waals surface area contributed by atoms with Gasteiger partial charge in [0.1, 0.15) is 12.1 Å². The predicted octanol–water partition coefficient (Wildman–Crippen LogP) is 2.53. The molecule has 0 aromatic carbocycles. The van der Waals surface area contributed by atoms with Crippen LogP contribution in [0, 0.1) is 0 Å². The molecule has 1 aliphatic rings. The van der Waals surface area contributed by atoms with Crippen molar-refractivity contribution in [2.45, 2.75) is 44.3 Å². The molecule has 0 unspecified atom stereocenters. The molecule has 0 bridgehead atoms. The molecule has 0 atom stereocenters. The van der Waals surface area contributed by atoms with Gasteiger partial charge < -0.3 is 10.6 Å². The lowest BCUT2D eigenvalue weighted by Crippen LogP contribution is -2.35. The summed E-state index contributed by atoms with van der Waals surface area (Å²) in [6.45, 7) is 1.90. The van der Waals surface area contributed by atoms with Crippen molar-refractivity contribution in [3.05, 3.63) is 18.1 Å². The summed E-state index contributed by atoms with van der Waals surface area (Å²) in [4.78, 5) is 8.07. The Bertz CT molecular complexity index is 416. The van der Waals surface area contributed by atoms with Gasteiger partial charge in [0.15, 0.2) is 0 Å². The molecule has 0 aliphatic carbocycles. The molecule has 4 nitrogen and oxygen atoms in total. The number of nitrogens with one attached hydrogen (secondary N) is 2. The minimum absolute atomic E-state index is 0.0672. The van der Waals surface area contributed by atoms with Crippen LogP contribution in [0.3, 0.4) is 0 Å². The third-order valence-corrected chi connectivity index (χ3v) is 3.37. The first-order chi connectivity index (χ1) is 9.54. The van der Waals surface area contributed by atoms with Crippen LogP contribution in [0.15, 0.2) is 12.5 Å². The van der Waals surface area contributed by atoms with Crippen molar-refractivity contribution in [2.75, 3.05) is 18.4 Å². The largest absolute Gasteiger partial charge is 0.389 e. The Morgan fingerprint density at radius 2 is 2.05 bits per heavy atom. The van der Waals surface area contributed by atoms with E-state index < -0.39 is 12.6 Å². The molecule has 1 aromatic heterocycles. The van der Waals surface area contributed by atoms with Gasteiger partial charge >= 0.3 is 6.18 Å². The minimum Gasteiger partial charge on any atom is -0.367 e. The lowest BCUT2D eigenvalue weighted by atomic mass is 10.1. The maximum absolute atomic E-state index is 12.2. The fraction of sp³-hybridized carbons (Fsp3) is 0.692. The summed E-state index contributed by atoms with van der Waals surface area (Å²) in [5.74, 6) is 0.675. The van der Waals surface area contributed by atoms with E-state index in [9.17, 15) is 13.2 Å². The molecule has 7 heteroatoms.